The number of halogens is 1. The van der Waals surface area contributed by atoms with Crippen LogP contribution in [0.15, 0.2) is 0 Å². The van der Waals surface area contributed by atoms with Gasteiger partial charge in [-0.2, -0.15) is 0 Å². The first-order chi connectivity index (χ1) is 12.0. The van der Waals surface area contributed by atoms with E-state index in [1.807, 2.05) is 6.92 Å². The van der Waals surface area contributed by atoms with Crippen LogP contribution in [0.3, 0.4) is 0 Å². The van der Waals surface area contributed by atoms with Crippen LogP contribution in [0.2, 0.25) is 0 Å². The number of nitrogens with one attached hydrogen (secondary N) is 2. The third-order valence-corrected chi connectivity index (χ3v) is 5.18. The molecule has 1 saturated heterocycles. The second-order valence-corrected chi connectivity index (χ2v) is 7.35. The molecule has 8 heteroatoms. The van der Waals surface area contributed by atoms with Crippen LogP contribution < -0.4 is 16.4 Å². The molecule has 2 rings (SSSR count). The summed E-state index contributed by atoms with van der Waals surface area (Å²) >= 11 is 0. The third kappa shape index (κ3) is 6.76. The van der Waals surface area contributed by atoms with Gasteiger partial charge in [0.2, 0.25) is 17.7 Å². The normalized spacial score (nSPS) is 21.6. The van der Waals surface area contributed by atoms with Crippen LogP contribution in [0.4, 0.5) is 0 Å². The van der Waals surface area contributed by atoms with E-state index in [1.165, 1.54) is 0 Å². The number of hydrogen-bond donors (Lipinski definition) is 3. The summed E-state index contributed by atoms with van der Waals surface area (Å²) in [6.45, 7) is 3.90. The van der Waals surface area contributed by atoms with Crippen molar-refractivity contribution in [1.29, 1.82) is 0 Å². The van der Waals surface area contributed by atoms with E-state index in [9.17, 15) is 14.4 Å². The topological polar surface area (TPSA) is 105 Å². The number of carbonyl (C=O) groups excluding carboxylic acids is 3. The first-order valence-electron chi connectivity index (χ1n) is 9.57. The first-order valence-corrected chi connectivity index (χ1v) is 9.57. The fraction of sp³-hybridized carbons (Fsp3) is 0.833. The van der Waals surface area contributed by atoms with E-state index in [-0.39, 0.29) is 54.4 Å². The van der Waals surface area contributed by atoms with Gasteiger partial charge in [-0.05, 0) is 32.6 Å². The molecule has 1 aliphatic carbocycles. The summed E-state index contributed by atoms with van der Waals surface area (Å²) in [5.41, 5.74) is 5.41. The van der Waals surface area contributed by atoms with E-state index in [2.05, 4.69) is 10.6 Å². The molecule has 7 nitrogen and oxygen atoms in total. The molecule has 2 aliphatic rings. The summed E-state index contributed by atoms with van der Waals surface area (Å²) in [4.78, 5) is 38.5. The first kappa shape index (κ1) is 22.7. The Labute approximate surface area is 162 Å². The SMILES string of the molecule is CC(CC(=O)N1CCCC(C(=O)NCCN)C1)NC(=O)C1CCCC1.Cl. The molecule has 2 atom stereocenters. The Morgan fingerprint density at radius 1 is 1.08 bits per heavy atom. The Bertz CT molecular complexity index is 483. The van der Waals surface area contributed by atoms with E-state index in [4.69, 9.17) is 5.73 Å². The van der Waals surface area contributed by atoms with Crippen LogP contribution in [0.1, 0.15) is 51.9 Å². The van der Waals surface area contributed by atoms with Gasteiger partial charge in [-0.15, -0.1) is 12.4 Å². The molecule has 0 spiro atoms. The molecule has 4 N–H and O–H groups in total. The van der Waals surface area contributed by atoms with Crippen molar-refractivity contribution in [2.45, 2.75) is 57.9 Å². The van der Waals surface area contributed by atoms with Gasteiger partial charge < -0.3 is 21.3 Å². The van der Waals surface area contributed by atoms with Crippen LogP contribution in [-0.2, 0) is 14.4 Å². The Morgan fingerprint density at radius 2 is 1.73 bits per heavy atom. The summed E-state index contributed by atoms with van der Waals surface area (Å²) in [7, 11) is 0. The molecule has 150 valence electrons. The fourth-order valence-corrected chi connectivity index (χ4v) is 3.75. The number of carbonyl (C=O) groups is 3. The van der Waals surface area contributed by atoms with Crippen LogP contribution in [0.25, 0.3) is 0 Å². The molecule has 0 bridgehead atoms. The molecule has 3 amide bonds. The van der Waals surface area contributed by atoms with E-state index in [0.29, 0.717) is 26.2 Å². The Kier molecular flexibility index (Phi) is 9.94. The molecular formula is C18H33ClN4O3. The molecule has 2 fully saturated rings. The summed E-state index contributed by atoms with van der Waals surface area (Å²) in [6, 6.07) is -0.174. The van der Waals surface area contributed by atoms with Gasteiger partial charge >= 0.3 is 0 Å². The minimum Gasteiger partial charge on any atom is -0.355 e. The van der Waals surface area contributed by atoms with Crippen molar-refractivity contribution in [2.75, 3.05) is 26.2 Å². The number of piperidine rings is 1. The lowest BCUT2D eigenvalue weighted by atomic mass is 9.96. The third-order valence-electron chi connectivity index (χ3n) is 5.18. The second kappa shape index (κ2) is 11.4. The number of likely N-dealkylation sites (tertiary alicyclic amines) is 1. The zero-order chi connectivity index (χ0) is 18.2. The van der Waals surface area contributed by atoms with Crippen LogP contribution in [0.5, 0.6) is 0 Å². The number of rotatable bonds is 7. The average Bonchev–Trinajstić information content (AvgIpc) is 3.14. The second-order valence-electron chi connectivity index (χ2n) is 7.35. The van der Waals surface area contributed by atoms with Crippen molar-refractivity contribution >= 4 is 30.1 Å². The lowest BCUT2D eigenvalue weighted by Gasteiger charge is -2.33. The van der Waals surface area contributed by atoms with Gasteiger partial charge in [0, 0.05) is 44.6 Å². The number of amides is 3. The summed E-state index contributed by atoms with van der Waals surface area (Å²) in [5.74, 6) is 0.0207. The lowest BCUT2D eigenvalue weighted by Crippen LogP contribution is -2.47. The largest absolute Gasteiger partial charge is 0.355 e. The lowest BCUT2D eigenvalue weighted by molar-refractivity contribution is -0.136. The molecule has 1 saturated carbocycles. The predicted octanol–water partition coefficient (Wildman–Crippen LogP) is 0.807. The van der Waals surface area contributed by atoms with Gasteiger partial charge in [-0.1, -0.05) is 12.8 Å². The average molecular weight is 389 g/mol. The molecule has 26 heavy (non-hydrogen) atoms. The highest BCUT2D eigenvalue weighted by Gasteiger charge is 2.29. The zero-order valence-electron chi connectivity index (χ0n) is 15.7. The maximum absolute atomic E-state index is 12.5. The molecule has 0 aromatic rings. The van der Waals surface area contributed by atoms with E-state index in [1.54, 1.807) is 4.90 Å². The van der Waals surface area contributed by atoms with Crippen LogP contribution >= 0.6 is 12.4 Å². The smallest absolute Gasteiger partial charge is 0.224 e. The Hall–Kier alpha value is -1.34. The van der Waals surface area contributed by atoms with Crippen molar-refractivity contribution in [3.8, 4) is 0 Å². The van der Waals surface area contributed by atoms with Crippen molar-refractivity contribution in [2.24, 2.45) is 17.6 Å². The van der Waals surface area contributed by atoms with E-state index in [0.717, 1.165) is 38.5 Å². The minimum atomic E-state index is -0.174. The van der Waals surface area contributed by atoms with Gasteiger partial charge in [0.15, 0.2) is 0 Å². The minimum absolute atomic E-state index is 0. The summed E-state index contributed by atoms with van der Waals surface area (Å²) in [6.07, 6.45) is 6.06. The standard InChI is InChI=1S/C18H32N4O3.ClH/c1-13(21-18(25)14-5-2-3-6-14)11-16(23)22-10-4-7-15(12-22)17(24)20-9-8-19;/h13-15H,2-12,19H2,1H3,(H,20,24)(H,21,25);1H. The van der Waals surface area contributed by atoms with Crippen molar-refractivity contribution < 1.29 is 14.4 Å². The summed E-state index contributed by atoms with van der Waals surface area (Å²) < 4.78 is 0. The predicted molar refractivity (Wildman–Crippen MR) is 103 cm³/mol. The van der Waals surface area contributed by atoms with Gasteiger partial charge in [0.05, 0.1) is 5.92 Å². The number of nitrogens with zero attached hydrogens (tertiary/aromatic N) is 1. The molecule has 0 aromatic carbocycles. The quantitative estimate of drug-likeness (QED) is 0.600. The highest BCUT2D eigenvalue weighted by atomic mass is 35.5. The Morgan fingerprint density at radius 3 is 2.38 bits per heavy atom. The van der Waals surface area contributed by atoms with Crippen LogP contribution in [-0.4, -0.2) is 54.8 Å². The molecule has 0 aromatic heterocycles. The number of nitrogens with two attached hydrogens (primary N) is 1. The highest BCUT2D eigenvalue weighted by molar-refractivity contribution is 5.85. The van der Waals surface area contributed by atoms with Crippen molar-refractivity contribution in [1.82, 2.24) is 15.5 Å². The molecule has 1 heterocycles. The molecule has 0 radical (unpaired) electrons. The van der Waals surface area contributed by atoms with Crippen molar-refractivity contribution in [3.63, 3.8) is 0 Å². The number of hydrogen-bond acceptors (Lipinski definition) is 4. The van der Waals surface area contributed by atoms with Gasteiger partial charge in [0.1, 0.15) is 0 Å². The molecule has 1 aliphatic heterocycles. The molecular weight excluding hydrogens is 356 g/mol. The van der Waals surface area contributed by atoms with Gasteiger partial charge in [-0.3, -0.25) is 14.4 Å². The van der Waals surface area contributed by atoms with Gasteiger partial charge in [0.25, 0.3) is 0 Å². The maximum Gasteiger partial charge on any atom is 0.224 e. The molecule has 2 unspecified atom stereocenters. The van der Waals surface area contributed by atoms with E-state index < -0.39 is 0 Å². The maximum atomic E-state index is 12.5. The highest BCUT2D eigenvalue weighted by Crippen LogP contribution is 2.25. The van der Waals surface area contributed by atoms with E-state index >= 15 is 0 Å². The Balaban J connectivity index is 0.00000338. The fourth-order valence-electron chi connectivity index (χ4n) is 3.75. The summed E-state index contributed by atoms with van der Waals surface area (Å²) in [5, 5.41) is 5.77. The van der Waals surface area contributed by atoms with Gasteiger partial charge in [-0.25, -0.2) is 0 Å². The van der Waals surface area contributed by atoms with Crippen molar-refractivity contribution in [3.05, 3.63) is 0 Å². The monoisotopic (exact) mass is 388 g/mol. The zero-order valence-corrected chi connectivity index (χ0v) is 16.5. The van der Waals surface area contributed by atoms with Crippen LogP contribution in [0, 0.1) is 11.8 Å².